The lowest BCUT2D eigenvalue weighted by molar-refractivity contribution is -0.149. The molecule has 0 aromatic carbocycles. The second-order valence-corrected chi connectivity index (χ2v) is 7.86. The number of carbonyl (C=O) groups is 2. The lowest BCUT2D eigenvalue weighted by Crippen LogP contribution is -2.38. The van der Waals surface area contributed by atoms with Crippen molar-refractivity contribution in [3.05, 3.63) is 0 Å². The highest BCUT2D eigenvalue weighted by Gasteiger charge is 2.68. The van der Waals surface area contributed by atoms with Gasteiger partial charge >= 0.3 is 5.97 Å². The molecule has 3 aliphatic carbocycles. The van der Waals surface area contributed by atoms with Gasteiger partial charge in [-0.3, -0.25) is 9.59 Å². The predicted octanol–water partition coefficient (Wildman–Crippen LogP) is 2.38. The molecule has 0 aromatic rings. The van der Waals surface area contributed by atoms with E-state index in [2.05, 4.69) is 0 Å². The van der Waals surface area contributed by atoms with Crippen LogP contribution in [0.25, 0.3) is 0 Å². The summed E-state index contributed by atoms with van der Waals surface area (Å²) in [6.45, 7) is 3.12. The molecule has 5 atom stereocenters. The van der Waals surface area contributed by atoms with Crippen LogP contribution in [-0.2, 0) is 9.59 Å². The summed E-state index contributed by atoms with van der Waals surface area (Å²) in [4.78, 5) is 26.3. The largest absolute Gasteiger partial charge is 0.481 e. The monoisotopic (exact) mass is 291 g/mol. The minimum absolute atomic E-state index is 0.252. The lowest BCUT2D eigenvalue weighted by Gasteiger charge is -2.24. The molecular formula is C17H25NO3. The fourth-order valence-electron chi connectivity index (χ4n) is 5.89. The van der Waals surface area contributed by atoms with E-state index in [4.69, 9.17) is 0 Å². The van der Waals surface area contributed by atoms with E-state index in [0.29, 0.717) is 37.8 Å². The highest BCUT2D eigenvalue weighted by Crippen LogP contribution is 2.69. The third-order valence-electron chi connectivity index (χ3n) is 6.87. The number of hydrogen-bond acceptors (Lipinski definition) is 2. The molecule has 0 spiro atoms. The van der Waals surface area contributed by atoms with Crippen molar-refractivity contribution < 1.29 is 14.7 Å². The smallest absolute Gasteiger partial charge is 0.311 e. The first kappa shape index (κ1) is 13.6. The third kappa shape index (κ3) is 1.80. The van der Waals surface area contributed by atoms with Gasteiger partial charge in [0, 0.05) is 19.0 Å². The maximum atomic E-state index is 12.8. The molecule has 1 N–H and O–H groups in total. The van der Waals surface area contributed by atoms with Gasteiger partial charge in [-0.1, -0.05) is 13.3 Å². The van der Waals surface area contributed by atoms with Crippen molar-refractivity contribution in [3.8, 4) is 0 Å². The Morgan fingerprint density at radius 3 is 2.48 bits per heavy atom. The molecule has 0 radical (unpaired) electrons. The van der Waals surface area contributed by atoms with Crippen LogP contribution in [0.4, 0.5) is 0 Å². The Hall–Kier alpha value is -1.06. The predicted molar refractivity (Wildman–Crippen MR) is 77.5 cm³/mol. The first-order valence-electron chi connectivity index (χ1n) is 8.59. The van der Waals surface area contributed by atoms with Gasteiger partial charge in [0.1, 0.15) is 0 Å². The first-order chi connectivity index (χ1) is 10.1. The molecule has 0 aromatic heterocycles. The number of fused-ring (bicyclic) bond motifs is 5. The van der Waals surface area contributed by atoms with Crippen LogP contribution in [0, 0.1) is 35.0 Å². The number of carbonyl (C=O) groups excluding carboxylic acids is 1. The molecule has 5 unspecified atom stereocenters. The second kappa shape index (κ2) is 4.47. The van der Waals surface area contributed by atoms with Crippen LogP contribution in [0.1, 0.15) is 45.4 Å². The number of likely N-dealkylation sites (tertiary alicyclic amines) is 1. The third-order valence-corrected chi connectivity index (χ3v) is 6.87. The van der Waals surface area contributed by atoms with Crippen LogP contribution >= 0.6 is 0 Å². The Bertz CT molecular complexity index is 474. The highest BCUT2D eigenvalue weighted by molar-refractivity contribution is 5.85. The van der Waals surface area contributed by atoms with Gasteiger partial charge in [-0.15, -0.1) is 0 Å². The zero-order chi connectivity index (χ0) is 14.8. The van der Waals surface area contributed by atoms with Gasteiger partial charge in [-0.25, -0.2) is 0 Å². The van der Waals surface area contributed by atoms with E-state index in [9.17, 15) is 14.7 Å². The SMILES string of the molecule is CCCC1(C(=O)O)CCN(C(=O)C2C3C4CCC(C4)C23)C1. The molecule has 4 fully saturated rings. The average molecular weight is 291 g/mol. The number of nitrogens with zero attached hydrogens (tertiary/aromatic N) is 1. The Balaban J connectivity index is 1.44. The van der Waals surface area contributed by atoms with Gasteiger partial charge in [0.25, 0.3) is 0 Å². The number of aliphatic carboxylic acids is 1. The van der Waals surface area contributed by atoms with E-state index >= 15 is 0 Å². The average Bonchev–Trinajstić information content (AvgIpc) is 2.83. The van der Waals surface area contributed by atoms with Gasteiger partial charge in [-0.2, -0.15) is 0 Å². The van der Waals surface area contributed by atoms with Gasteiger partial charge in [0.05, 0.1) is 5.41 Å². The van der Waals surface area contributed by atoms with Crippen molar-refractivity contribution in [1.82, 2.24) is 4.90 Å². The number of hydrogen-bond donors (Lipinski definition) is 1. The van der Waals surface area contributed by atoms with Crippen molar-refractivity contribution in [2.24, 2.45) is 35.0 Å². The molecule has 4 aliphatic rings. The summed E-state index contributed by atoms with van der Waals surface area (Å²) < 4.78 is 0. The number of rotatable bonds is 4. The van der Waals surface area contributed by atoms with Crippen molar-refractivity contribution >= 4 is 11.9 Å². The van der Waals surface area contributed by atoms with Crippen LogP contribution in [-0.4, -0.2) is 35.0 Å². The van der Waals surface area contributed by atoms with Gasteiger partial charge < -0.3 is 10.0 Å². The summed E-state index contributed by atoms with van der Waals surface area (Å²) in [7, 11) is 0. The van der Waals surface area contributed by atoms with Crippen LogP contribution in [0.2, 0.25) is 0 Å². The first-order valence-corrected chi connectivity index (χ1v) is 8.59. The molecule has 116 valence electrons. The Kier molecular flexibility index (Phi) is 2.89. The number of carboxylic acid groups (broad SMARTS) is 1. The fraction of sp³-hybridized carbons (Fsp3) is 0.882. The number of carboxylic acids is 1. The van der Waals surface area contributed by atoms with Crippen LogP contribution in [0.5, 0.6) is 0 Å². The zero-order valence-corrected chi connectivity index (χ0v) is 12.8. The van der Waals surface area contributed by atoms with E-state index in [-0.39, 0.29) is 11.8 Å². The molecule has 1 amide bonds. The molecule has 4 heteroatoms. The van der Waals surface area contributed by atoms with E-state index in [1.807, 2.05) is 11.8 Å². The standard InChI is InChI=1S/C17H25NO3/c1-2-5-17(16(20)21)6-7-18(9-17)15(19)14-12-10-3-4-11(8-10)13(12)14/h10-14H,2-9H2,1H3,(H,20,21). The van der Waals surface area contributed by atoms with E-state index in [0.717, 1.165) is 18.3 Å². The summed E-state index contributed by atoms with van der Waals surface area (Å²) in [6, 6.07) is 0. The van der Waals surface area contributed by atoms with Crippen molar-refractivity contribution in [2.45, 2.75) is 45.4 Å². The Morgan fingerprint density at radius 1 is 1.24 bits per heavy atom. The van der Waals surface area contributed by atoms with Gasteiger partial charge in [0.15, 0.2) is 0 Å². The minimum atomic E-state index is -0.712. The maximum Gasteiger partial charge on any atom is 0.311 e. The van der Waals surface area contributed by atoms with Crippen LogP contribution < -0.4 is 0 Å². The second-order valence-electron chi connectivity index (χ2n) is 7.86. The summed E-state index contributed by atoms with van der Waals surface area (Å²) in [5.74, 6) is 2.73. The maximum absolute atomic E-state index is 12.8. The molecule has 2 bridgehead atoms. The van der Waals surface area contributed by atoms with Crippen LogP contribution in [0.3, 0.4) is 0 Å². The van der Waals surface area contributed by atoms with Gasteiger partial charge in [-0.05, 0) is 55.8 Å². The quantitative estimate of drug-likeness (QED) is 0.865. The summed E-state index contributed by atoms with van der Waals surface area (Å²) in [5, 5.41) is 9.57. The normalized spacial score (nSPS) is 46.7. The molecule has 1 heterocycles. The lowest BCUT2D eigenvalue weighted by atomic mass is 9.83. The van der Waals surface area contributed by atoms with E-state index in [1.54, 1.807) is 0 Å². The Labute approximate surface area is 125 Å². The topological polar surface area (TPSA) is 57.6 Å². The molecule has 1 saturated heterocycles. The molecular weight excluding hydrogens is 266 g/mol. The van der Waals surface area contributed by atoms with E-state index < -0.39 is 11.4 Å². The fourth-order valence-corrected chi connectivity index (χ4v) is 5.89. The highest BCUT2D eigenvalue weighted by atomic mass is 16.4. The molecule has 21 heavy (non-hydrogen) atoms. The van der Waals surface area contributed by atoms with Crippen molar-refractivity contribution in [3.63, 3.8) is 0 Å². The van der Waals surface area contributed by atoms with E-state index in [1.165, 1.54) is 19.3 Å². The molecule has 3 saturated carbocycles. The summed E-state index contributed by atoms with van der Waals surface area (Å²) >= 11 is 0. The van der Waals surface area contributed by atoms with Crippen molar-refractivity contribution in [1.29, 1.82) is 0 Å². The summed E-state index contributed by atoms with van der Waals surface area (Å²) in [5.41, 5.74) is -0.673. The minimum Gasteiger partial charge on any atom is -0.481 e. The summed E-state index contributed by atoms with van der Waals surface area (Å²) in [6.07, 6.45) is 6.20. The zero-order valence-electron chi connectivity index (χ0n) is 12.8. The molecule has 4 nitrogen and oxygen atoms in total. The Morgan fingerprint density at radius 2 is 1.90 bits per heavy atom. The number of amides is 1. The van der Waals surface area contributed by atoms with Crippen LogP contribution in [0.15, 0.2) is 0 Å². The molecule has 1 aliphatic heterocycles. The van der Waals surface area contributed by atoms with Gasteiger partial charge in [0.2, 0.25) is 5.91 Å². The van der Waals surface area contributed by atoms with Crippen molar-refractivity contribution in [2.75, 3.05) is 13.1 Å². The molecule has 4 rings (SSSR count).